The summed E-state index contributed by atoms with van der Waals surface area (Å²) in [6, 6.07) is 0. The van der Waals surface area contributed by atoms with Crippen LogP contribution >= 0.6 is 0 Å². The lowest BCUT2D eigenvalue weighted by Gasteiger charge is -2.31. The molecule has 2 saturated heterocycles. The molecule has 1 aliphatic carbocycles. The molecule has 2 aromatic heterocycles. The van der Waals surface area contributed by atoms with E-state index in [1.54, 1.807) is 0 Å². The number of anilines is 1. The van der Waals surface area contributed by atoms with E-state index in [0.29, 0.717) is 11.8 Å². The van der Waals surface area contributed by atoms with E-state index in [1.807, 2.05) is 0 Å². The van der Waals surface area contributed by atoms with Gasteiger partial charge >= 0.3 is 0 Å². The van der Waals surface area contributed by atoms with Gasteiger partial charge in [0.25, 0.3) is 5.95 Å². The van der Waals surface area contributed by atoms with Crippen molar-refractivity contribution >= 4 is 5.95 Å². The summed E-state index contributed by atoms with van der Waals surface area (Å²) in [6.07, 6.45) is 8.58. The number of hydrogen-bond donors (Lipinski definition) is 0. The van der Waals surface area contributed by atoms with Gasteiger partial charge in [-0.05, 0) is 56.8 Å². The summed E-state index contributed by atoms with van der Waals surface area (Å²) >= 11 is 0. The van der Waals surface area contributed by atoms with Gasteiger partial charge in [0.2, 0.25) is 5.89 Å². The number of likely N-dealkylation sites (tertiary alicyclic amines) is 1. The summed E-state index contributed by atoms with van der Waals surface area (Å²) < 4.78 is 7.67. The first-order valence-corrected chi connectivity index (χ1v) is 10.5. The van der Waals surface area contributed by atoms with Crippen LogP contribution in [0.15, 0.2) is 4.52 Å². The van der Waals surface area contributed by atoms with E-state index < -0.39 is 0 Å². The van der Waals surface area contributed by atoms with E-state index in [-0.39, 0.29) is 0 Å². The molecule has 0 amide bonds. The normalized spacial score (nSPS) is 24.5. The Balaban J connectivity index is 1.27. The van der Waals surface area contributed by atoms with Crippen LogP contribution in [0.5, 0.6) is 0 Å². The van der Waals surface area contributed by atoms with Crippen molar-refractivity contribution in [1.82, 2.24) is 29.8 Å². The Kier molecular flexibility index (Phi) is 4.59. The van der Waals surface area contributed by atoms with Crippen molar-refractivity contribution in [3.8, 4) is 0 Å². The zero-order valence-corrected chi connectivity index (χ0v) is 16.2. The first kappa shape index (κ1) is 17.2. The predicted octanol–water partition coefficient (Wildman–Crippen LogP) is 2.45. The quantitative estimate of drug-likeness (QED) is 0.799. The Labute approximate surface area is 159 Å². The van der Waals surface area contributed by atoms with Gasteiger partial charge in [0.05, 0.1) is 6.54 Å². The fourth-order valence-electron chi connectivity index (χ4n) is 4.41. The van der Waals surface area contributed by atoms with Gasteiger partial charge in [0.1, 0.15) is 11.6 Å². The summed E-state index contributed by atoms with van der Waals surface area (Å²) in [7, 11) is 2.12. The SMILES string of the molecule is Cn1c(CN2CCCCC2)nnc1C1CCCN(c2noc(C3CC3)n2)C1. The molecule has 27 heavy (non-hydrogen) atoms. The second-order valence-electron chi connectivity index (χ2n) is 8.36. The predicted molar refractivity (Wildman–Crippen MR) is 101 cm³/mol. The van der Waals surface area contributed by atoms with E-state index in [1.165, 1.54) is 45.2 Å². The molecule has 1 unspecified atom stereocenters. The molecule has 0 bridgehead atoms. The van der Waals surface area contributed by atoms with Gasteiger partial charge in [-0.3, -0.25) is 4.90 Å². The molecule has 0 N–H and O–H groups in total. The first-order valence-electron chi connectivity index (χ1n) is 10.5. The highest BCUT2D eigenvalue weighted by Gasteiger charge is 2.32. The minimum absolute atomic E-state index is 0.370. The van der Waals surface area contributed by atoms with Crippen molar-refractivity contribution in [1.29, 1.82) is 0 Å². The van der Waals surface area contributed by atoms with Crippen molar-refractivity contribution in [2.75, 3.05) is 31.1 Å². The van der Waals surface area contributed by atoms with Gasteiger partial charge in [0.15, 0.2) is 0 Å². The summed E-state index contributed by atoms with van der Waals surface area (Å²) in [5.41, 5.74) is 0. The second-order valence-corrected chi connectivity index (χ2v) is 8.36. The summed E-state index contributed by atoms with van der Waals surface area (Å²) in [5, 5.41) is 13.3. The van der Waals surface area contributed by atoms with Gasteiger partial charge in [-0.25, -0.2) is 0 Å². The number of piperidine rings is 2. The minimum Gasteiger partial charge on any atom is -0.337 e. The summed E-state index contributed by atoms with van der Waals surface area (Å²) in [6.45, 7) is 5.15. The molecule has 1 atom stereocenters. The minimum atomic E-state index is 0.370. The smallest absolute Gasteiger partial charge is 0.266 e. The van der Waals surface area contributed by atoms with Crippen LogP contribution in [0.3, 0.4) is 0 Å². The fourth-order valence-corrected chi connectivity index (χ4v) is 4.41. The van der Waals surface area contributed by atoms with Crippen molar-refractivity contribution in [2.24, 2.45) is 7.05 Å². The lowest BCUT2D eigenvalue weighted by molar-refractivity contribution is 0.213. The van der Waals surface area contributed by atoms with E-state index in [4.69, 9.17) is 4.52 Å². The monoisotopic (exact) mass is 371 g/mol. The Hall–Kier alpha value is -1.96. The van der Waals surface area contributed by atoms with Gasteiger partial charge in [-0.1, -0.05) is 6.42 Å². The summed E-state index contributed by atoms with van der Waals surface area (Å²) in [4.78, 5) is 9.38. The van der Waals surface area contributed by atoms with Crippen LogP contribution in [-0.2, 0) is 13.6 Å². The second kappa shape index (κ2) is 7.22. The number of rotatable bonds is 5. The first-order chi connectivity index (χ1) is 13.3. The standard InChI is InChI=1S/C19H29N7O/c1-24-16(13-25-9-3-2-4-10-25)21-22-17(24)15-6-5-11-26(12-15)19-20-18(27-23-19)14-7-8-14/h14-15H,2-13H2,1H3. The van der Waals surface area contributed by atoms with Gasteiger partial charge in [-0.15, -0.1) is 10.2 Å². The van der Waals surface area contributed by atoms with Crippen LogP contribution in [0.2, 0.25) is 0 Å². The van der Waals surface area contributed by atoms with E-state index in [2.05, 4.69) is 41.8 Å². The molecule has 2 aromatic rings. The van der Waals surface area contributed by atoms with Crippen molar-refractivity contribution in [3.63, 3.8) is 0 Å². The van der Waals surface area contributed by atoms with Crippen molar-refractivity contribution < 1.29 is 4.52 Å². The van der Waals surface area contributed by atoms with Gasteiger partial charge in [-0.2, -0.15) is 4.98 Å². The maximum atomic E-state index is 5.45. The third kappa shape index (κ3) is 3.59. The van der Waals surface area contributed by atoms with Gasteiger partial charge in [0, 0.05) is 32.0 Å². The molecule has 0 aromatic carbocycles. The van der Waals surface area contributed by atoms with Gasteiger partial charge < -0.3 is 14.0 Å². The van der Waals surface area contributed by atoms with E-state index in [9.17, 15) is 0 Å². The number of nitrogens with zero attached hydrogens (tertiary/aromatic N) is 7. The zero-order chi connectivity index (χ0) is 18.2. The third-order valence-corrected chi connectivity index (χ3v) is 6.24. The maximum absolute atomic E-state index is 5.45. The molecule has 0 radical (unpaired) electrons. The molecule has 0 spiro atoms. The molecular weight excluding hydrogens is 342 g/mol. The van der Waals surface area contributed by atoms with Crippen LogP contribution < -0.4 is 4.90 Å². The maximum Gasteiger partial charge on any atom is 0.266 e. The highest BCUT2D eigenvalue weighted by atomic mass is 16.5. The molecule has 8 nitrogen and oxygen atoms in total. The van der Waals surface area contributed by atoms with Crippen LogP contribution in [-0.4, -0.2) is 56.0 Å². The average Bonchev–Trinajstić information content (AvgIpc) is 3.33. The molecule has 4 heterocycles. The van der Waals surface area contributed by atoms with Crippen LogP contribution in [0.1, 0.15) is 74.3 Å². The van der Waals surface area contributed by atoms with Crippen molar-refractivity contribution in [3.05, 3.63) is 17.5 Å². The lowest BCUT2D eigenvalue weighted by Crippen LogP contribution is -2.36. The third-order valence-electron chi connectivity index (χ3n) is 6.24. The topological polar surface area (TPSA) is 76.1 Å². The molecule has 1 saturated carbocycles. The van der Waals surface area contributed by atoms with Crippen LogP contribution in [0.25, 0.3) is 0 Å². The van der Waals surface area contributed by atoms with E-state index >= 15 is 0 Å². The van der Waals surface area contributed by atoms with Crippen molar-refractivity contribution in [2.45, 2.75) is 63.3 Å². The largest absolute Gasteiger partial charge is 0.337 e. The molecule has 3 fully saturated rings. The number of aromatic nitrogens is 5. The Morgan fingerprint density at radius 2 is 1.81 bits per heavy atom. The molecule has 3 aliphatic rings. The van der Waals surface area contributed by atoms with E-state index in [0.717, 1.165) is 56.0 Å². The molecule has 146 valence electrons. The molecular formula is C19H29N7O. The Bertz CT molecular complexity index is 775. The molecule has 2 aliphatic heterocycles. The van der Waals surface area contributed by atoms with Crippen LogP contribution in [0, 0.1) is 0 Å². The Morgan fingerprint density at radius 1 is 0.963 bits per heavy atom. The fraction of sp³-hybridized carbons (Fsp3) is 0.789. The highest BCUT2D eigenvalue weighted by molar-refractivity contribution is 5.31. The number of hydrogen-bond acceptors (Lipinski definition) is 7. The summed E-state index contributed by atoms with van der Waals surface area (Å²) in [5.74, 6) is 4.61. The highest BCUT2D eigenvalue weighted by Crippen LogP contribution is 2.39. The lowest BCUT2D eigenvalue weighted by atomic mass is 9.97. The van der Waals surface area contributed by atoms with Crippen LogP contribution in [0.4, 0.5) is 5.95 Å². The molecule has 8 heteroatoms. The molecule has 5 rings (SSSR count). The zero-order valence-electron chi connectivity index (χ0n) is 16.2. The Morgan fingerprint density at radius 3 is 2.63 bits per heavy atom. The average molecular weight is 371 g/mol.